The van der Waals surface area contributed by atoms with Crippen LogP contribution in [0.2, 0.25) is 0 Å². The Bertz CT molecular complexity index is 410. The van der Waals surface area contributed by atoms with Crippen molar-refractivity contribution in [1.82, 2.24) is 4.90 Å². The Morgan fingerprint density at radius 1 is 1.71 bits per heavy atom. The van der Waals surface area contributed by atoms with Crippen molar-refractivity contribution in [2.24, 2.45) is 0 Å². The van der Waals surface area contributed by atoms with Crippen molar-refractivity contribution >= 4 is 5.97 Å². The molecule has 0 radical (unpaired) electrons. The van der Waals surface area contributed by atoms with E-state index in [0.717, 1.165) is 13.0 Å². The average Bonchev–Trinajstić information content (AvgIpc) is 2.85. The molecule has 1 saturated heterocycles. The largest absolute Gasteiger partial charge is 0.467 e. The second-order valence-corrected chi connectivity index (χ2v) is 4.71. The number of β-amino-alcohol motifs (C(OH)–C–C–N with tert-alkyl or cyclic N) is 1. The maximum Gasteiger partial charge on any atom is 0.341 e. The zero-order valence-electron chi connectivity index (χ0n) is 10.1. The van der Waals surface area contributed by atoms with Gasteiger partial charge in [-0.3, -0.25) is 4.90 Å². The number of nitrogens with zero attached hydrogens (tertiary/aromatic N) is 1. The Kier molecular flexibility index (Phi) is 3.22. The summed E-state index contributed by atoms with van der Waals surface area (Å²) in [6.45, 7) is 3.73. The molecule has 0 aliphatic carbocycles. The third kappa shape index (κ3) is 2.68. The Balaban J connectivity index is 2.05. The number of methoxy groups -OCH3 is 1. The minimum atomic E-state index is -0.641. The molecular weight excluding hydrogens is 222 g/mol. The van der Waals surface area contributed by atoms with E-state index in [2.05, 4.69) is 9.64 Å². The van der Waals surface area contributed by atoms with Gasteiger partial charge in [-0.15, -0.1) is 0 Å². The Morgan fingerprint density at radius 3 is 3.06 bits per heavy atom. The third-order valence-electron chi connectivity index (χ3n) is 3.05. The molecule has 1 fully saturated rings. The van der Waals surface area contributed by atoms with Crippen LogP contribution in [-0.4, -0.2) is 41.8 Å². The summed E-state index contributed by atoms with van der Waals surface area (Å²) in [6.07, 6.45) is 2.22. The van der Waals surface area contributed by atoms with E-state index in [1.54, 1.807) is 6.07 Å². The fourth-order valence-corrected chi connectivity index (χ4v) is 2.13. The van der Waals surface area contributed by atoms with Gasteiger partial charge in [0.2, 0.25) is 0 Å². The molecule has 1 aliphatic heterocycles. The second kappa shape index (κ2) is 4.50. The molecule has 5 heteroatoms. The fraction of sp³-hybridized carbons (Fsp3) is 0.583. The number of carbonyl (C=O) groups excluding carboxylic acids is 1. The van der Waals surface area contributed by atoms with E-state index in [1.807, 2.05) is 6.92 Å². The van der Waals surface area contributed by atoms with Gasteiger partial charge in [0.15, 0.2) is 0 Å². The predicted octanol–water partition coefficient (Wildman–Crippen LogP) is 1.02. The number of aliphatic hydroxyl groups is 1. The molecule has 1 N–H and O–H groups in total. The molecule has 5 nitrogen and oxygen atoms in total. The van der Waals surface area contributed by atoms with Gasteiger partial charge in [-0.2, -0.15) is 0 Å². The van der Waals surface area contributed by atoms with Gasteiger partial charge in [0.25, 0.3) is 0 Å². The molecule has 0 bridgehead atoms. The summed E-state index contributed by atoms with van der Waals surface area (Å²) < 4.78 is 9.97. The highest BCUT2D eigenvalue weighted by Crippen LogP contribution is 2.23. The van der Waals surface area contributed by atoms with E-state index in [-0.39, 0.29) is 5.97 Å². The predicted molar refractivity (Wildman–Crippen MR) is 60.6 cm³/mol. The quantitative estimate of drug-likeness (QED) is 0.798. The van der Waals surface area contributed by atoms with Gasteiger partial charge in [0.1, 0.15) is 11.3 Å². The lowest BCUT2D eigenvalue weighted by Gasteiger charge is -2.17. The second-order valence-electron chi connectivity index (χ2n) is 4.71. The molecule has 1 unspecified atom stereocenters. The van der Waals surface area contributed by atoms with Crippen LogP contribution in [0, 0.1) is 0 Å². The lowest BCUT2D eigenvalue weighted by Crippen LogP contribution is -2.29. The zero-order valence-corrected chi connectivity index (χ0v) is 10.1. The SMILES string of the molecule is COC(=O)c1ccoc1CN1CCC(C)(O)C1. The van der Waals surface area contributed by atoms with Crippen LogP contribution in [0.1, 0.15) is 29.5 Å². The molecule has 2 rings (SSSR count). The van der Waals surface area contributed by atoms with E-state index in [9.17, 15) is 9.90 Å². The summed E-state index contributed by atoms with van der Waals surface area (Å²) in [5.74, 6) is 0.203. The van der Waals surface area contributed by atoms with Crippen molar-refractivity contribution in [2.45, 2.75) is 25.5 Å². The summed E-state index contributed by atoms with van der Waals surface area (Å²) in [7, 11) is 1.35. The van der Waals surface area contributed by atoms with Crippen LogP contribution in [0.4, 0.5) is 0 Å². The molecule has 1 aromatic heterocycles. The molecule has 1 aromatic rings. The first-order valence-electron chi connectivity index (χ1n) is 5.61. The Labute approximate surface area is 100.0 Å². The number of rotatable bonds is 3. The normalized spacial score (nSPS) is 25.1. The number of ether oxygens (including phenoxy) is 1. The minimum Gasteiger partial charge on any atom is -0.467 e. The highest BCUT2D eigenvalue weighted by Gasteiger charge is 2.32. The summed E-state index contributed by atoms with van der Waals surface area (Å²) in [6, 6.07) is 1.61. The monoisotopic (exact) mass is 239 g/mol. The minimum absolute atomic E-state index is 0.389. The molecule has 1 aliphatic rings. The first-order chi connectivity index (χ1) is 8.02. The fourth-order valence-electron chi connectivity index (χ4n) is 2.13. The van der Waals surface area contributed by atoms with Gasteiger partial charge in [0, 0.05) is 13.1 Å². The van der Waals surface area contributed by atoms with Crippen molar-refractivity contribution < 1.29 is 19.1 Å². The topological polar surface area (TPSA) is 62.9 Å². The van der Waals surface area contributed by atoms with Crippen LogP contribution >= 0.6 is 0 Å². The zero-order chi connectivity index (χ0) is 12.5. The van der Waals surface area contributed by atoms with Crippen LogP contribution in [0.3, 0.4) is 0 Å². The van der Waals surface area contributed by atoms with Crippen molar-refractivity contribution in [1.29, 1.82) is 0 Å². The molecule has 17 heavy (non-hydrogen) atoms. The van der Waals surface area contributed by atoms with Crippen molar-refractivity contribution in [3.63, 3.8) is 0 Å². The van der Waals surface area contributed by atoms with Crippen LogP contribution in [0.15, 0.2) is 16.7 Å². The van der Waals surface area contributed by atoms with E-state index in [4.69, 9.17) is 4.42 Å². The molecule has 0 spiro atoms. The van der Waals surface area contributed by atoms with Crippen molar-refractivity contribution in [3.8, 4) is 0 Å². The van der Waals surface area contributed by atoms with Gasteiger partial charge in [-0.25, -0.2) is 4.79 Å². The van der Waals surface area contributed by atoms with E-state index in [0.29, 0.717) is 24.4 Å². The molecule has 0 amide bonds. The number of hydrogen-bond donors (Lipinski definition) is 1. The van der Waals surface area contributed by atoms with E-state index < -0.39 is 5.60 Å². The van der Waals surface area contributed by atoms with Gasteiger partial charge >= 0.3 is 5.97 Å². The van der Waals surface area contributed by atoms with Crippen molar-refractivity contribution in [2.75, 3.05) is 20.2 Å². The summed E-state index contributed by atoms with van der Waals surface area (Å²) in [4.78, 5) is 13.5. The molecule has 94 valence electrons. The Hall–Kier alpha value is -1.33. The standard InChI is InChI=1S/C12H17NO4/c1-12(15)4-5-13(8-12)7-10-9(3-6-17-10)11(14)16-2/h3,6,15H,4-5,7-8H2,1-2H3. The maximum atomic E-state index is 11.4. The third-order valence-corrected chi connectivity index (χ3v) is 3.05. The van der Waals surface area contributed by atoms with E-state index >= 15 is 0 Å². The molecule has 2 heterocycles. The number of furan rings is 1. The number of esters is 1. The lowest BCUT2D eigenvalue weighted by atomic mass is 10.1. The first kappa shape index (κ1) is 12.1. The van der Waals surface area contributed by atoms with Crippen LogP contribution < -0.4 is 0 Å². The number of likely N-dealkylation sites (tertiary alicyclic amines) is 1. The highest BCUT2D eigenvalue weighted by atomic mass is 16.5. The molecule has 1 atom stereocenters. The highest BCUT2D eigenvalue weighted by molar-refractivity contribution is 5.90. The molecule has 0 aromatic carbocycles. The van der Waals surface area contributed by atoms with Crippen LogP contribution in [0.5, 0.6) is 0 Å². The maximum absolute atomic E-state index is 11.4. The molecule has 0 saturated carbocycles. The van der Waals surface area contributed by atoms with Crippen LogP contribution in [0.25, 0.3) is 0 Å². The van der Waals surface area contributed by atoms with Gasteiger partial charge < -0.3 is 14.3 Å². The van der Waals surface area contributed by atoms with Gasteiger partial charge in [-0.1, -0.05) is 0 Å². The first-order valence-corrected chi connectivity index (χ1v) is 5.61. The summed E-state index contributed by atoms with van der Waals surface area (Å²) in [5, 5.41) is 9.85. The lowest BCUT2D eigenvalue weighted by molar-refractivity contribution is 0.0594. The summed E-state index contributed by atoms with van der Waals surface area (Å²) in [5.41, 5.74) is -0.183. The number of hydrogen-bond acceptors (Lipinski definition) is 5. The number of carbonyl (C=O) groups is 1. The van der Waals surface area contributed by atoms with Crippen molar-refractivity contribution in [3.05, 3.63) is 23.7 Å². The average molecular weight is 239 g/mol. The smallest absolute Gasteiger partial charge is 0.341 e. The molecular formula is C12H17NO4. The Morgan fingerprint density at radius 2 is 2.47 bits per heavy atom. The van der Waals surface area contributed by atoms with E-state index in [1.165, 1.54) is 13.4 Å². The van der Waals surface area contributed by atoms with Crippen LogP contribution in [-0.2, 0) is 11.3 Å². The van der Waals surface area contributed by atoms with Gasteiger partial charge in [0.05, 0.1) is 25.5 Å². The van der Waals surface area contributed by atoms with Gasteiger partial charge in [-0.05, 0) is 19.4 Å². The summed E-state index contributed by atoms with van der Waals surface area (Å²) >= 11 is 0.